The largest absolute Gasteiger partial charge is 0.508 e. The average Bonchev–Trinajstić information content (AvgIpc) is 2.47. The molecule has 0 atom stereocenters. The molecule has 0 aliphatic rings. The van der Waals surface area contributed by atoms with E-state index < -0.39 is 5.97 Å². The maximum Gasteiger partial charge on any atom is 0.323 e. The lowest BCUT2D eigenvalue weighted by atomic mass is 10.2. The monoisotopic (exact) mass is 191 g/mol. The number of carbonyl (C=O) groups is 1. The van der Waals surface area contributed by atoms with E-state index in [0.717, 1.165) is 10.9 Å². The summed E-state index contributed by atoms with van der Waals surface area (Å²) in [5, 5.41) is 18.8. The molecule has 1 aromatic heterocycles. The van der Waals surface area contributed by atoms with Gasteiger partial charge in [0.15, 0.2) is 0 Å². The predicted octanol–water partition coefficient (Wildman–Crippen LogP) is 1.43. The minimum atomic E-state index is -0.897. The molecule has 1 aromatic carbocycles. The highest BCUT2D eigenvalue weighted by molar-refractivity contribution is 5.82. The summed E-state index contributed by atoms with van der Waals surface area (Å²) in [6.07, 6.45) is 1.69. The molecule has 2 N–H and O–H groups in total. The Balaban J connectivity index is 2.55. The van der Waals surface area contributed by atoms with Gasteiger partial charge in [0.05, 0.1) is 5.52 Å². The first kappa shape index (κ1) is 8.62. The van der Waals surface area contributed by atoms with Crippen LogP contribution >= 0.6 is 0 Å². The van der Waals surface area contributed by atoms with Gasteiger partial charge in [-0.25, -0.2) is 0 Å². The lowest BCUT2D eigenvalue weighted by Gasteiger charge is -2.01. The third kappa shape index (κ3) is 1.42. The topological polar surface area (TPSA) is 62.5 Å². The van der Waals surface area contributed by atoms with Crippen molar-refractivity contribution < 1.29 is 15.0 Å². The second-order valence-electron chi connectivity index (χ2n) is 3.08. The second-order valence-corrected chi connectivity index (χ2v) is 3.08. The number of aromatic nitrogens is 1. The summed E-state index contributed by atoms with van der Waals surface area (Å²) < 4.78 is 1.58. The molecule has 4 nitrogen and oxygen atoms in total. The van der Waals surface area contributed by atoms with Gasteiger partial charge in [-0.15, -0.1) is 0 Å². The molecule has 0 spiro atoms. The average molecular weight is 191 g/mol. The van der Waals surface area contributed by atoms with Crippen LogP contribution in [0.15, 0.2) is 30.5 Å². The summed E-state index contributed by atoms with van der Waals surface area (Å²) in [6, 6.07) is 6.70. The Morgan fingerprint density at radius 1 is 1.36 bits per heavy atom. The zero-order chi connectivity index (χ0) is 10.1. The van der Waals surface area contributed by atoms with Crippen LogP contribution in [0.25, 0.3) is 10.9 Å². The molecule has 0 aliphatic carbocycles. The van der Waals surface area contributed by atoms with Crippen LogP contribution in [-0.2, 0) is 11.3 Å². The van der Waals surface area contributed by atoms with Crippen LogP contribution in [-0.4, -0.2) is 20.7 Å². The molecule has 4 heteroatoms. The molecule has 0 radical (unpaired) electrons. The van der Waals surface area contributed by atoms with E-state index in [9.17, 15) is 9.90 Å². The number of rotatable bonds is 2. The van der Waals surface area contributed by atoms with Crippen LogP contribution in [0.4, 0.5) is 0 Å². The van der Waals surface area contributed by atoms with Crippen molar-refractivity contribution >= 4 is 16.9 Å². The molecule has 0 saturated heterocycles. The Bertz CT molecular complexity index is 487. The van der Waals surface area contributed by atoms with Crippen molar-refractivity contribution in [2.45, 2.75) is 6.54 Å². The molecule has 2 rings (SSSR count). The Kier molecular flexibility index (Phi) is 1.89. The van der Waals surface area contributed by atoms with E-state index in [0.29, 0.717) is 0 Å². The molecule has 2 aromatic rings. The number of phenolic OH excluding ortho intramolecular Hbond substituents is 1. The van der Waals surface area contributed by atoms with Crippen molar-refractivity contribution in [2.75, 3.05) is 0 Å². The lowest BCUT2D eigenvalue weighted by Crippen LogP contribution is -2.06. The van der Waals surface area contributed by atoms with E-state index >= 15 is 0 Å². The summed E-state index contributed by atoms with van der Waals surface area (Å²) in [6.45, 7) is -0.0903. The lowest BCUT2D eigenvalue weighted by molar-refractivity contribution is -0.137. The summed E-state index contributed by atoms with van der Waals surface area (Å²) in [5.41, 5.74) is 0.729. The molecule has 0 saturated carbocycles. The third-order valence-electron chi connectivity index (χ3n) is 2.06. The molecule has 0 unspecified atom stereocenters. The van der Waals surface area contributed by atoms with Crippen LogP contribution in [0, 0.1) is 0 Å². The van der Waals surface area contributed by atoms with Gasteiger partial charge in [-0.2, -0.15) is 0 Å². The summed E-state index contributed by atoms with van der Waals surface area (Å²) >= 11 is 0. The second kappa shape index (κ2) is 3.06. The third-order valence-corrected chi connectivity index (χ3v) is 2.06. The van der Waals surface area contributed by atoms with E-state index in [1.807, 2.05) is 6.07 Å². The maximum atomic E-state index is 10.5. The van der Waals surface area contributed by atoms with E-state index in [1.165, 1.54) is 0 Å². The van der Waals surface area contributed by atoms with Crippen molar-refractivity contribution in [1.29, 1.82) is 0 Å². The van der Waals surface area contributed by atoms with E-state index in [1.54, 1.807) is 29.0 Å². The number of nitrogens with zero attached hydrogens (tertiary/aromatic N) is 1. The maximum absolute atomic E-state index is 10.5. The summed E-state index contributed by atoms with van der Waals surface area (Å²) in [5.74, 6) is -0.756. The van der Waals surface area contributed by atoms with Crippen molar-refractivity contribution in [1.82, 2.24) is 4.57 Å². The quantitative estimate of drug-likeness (QED) is 0.754. The molecule has 72 valence electrons. The van der Waals surface area contributed by atoms with Gasteiger partial charge < -0.3 is 14.8 Å². The van der Waals surface area contributed by atoms with Gasteiger partial charge >= 0.3 is 5.97 Å². The summed E-state index contributed by atoms with van der Waals surface area (Å²) in [4.78, 5) is 10.5. The van der Waals surface area contributed by atoms with Gasteiger partial charge in [0, 0.05) is 12.3 Å². The number of aromatic hydroxyl groups is 1. The highest BCUT2D eigenvalue weighted by atomic mass is 16.4. The number of phenols is 1. The normalized spacial score (nSPS) is 10.6. The molecule has 0 aliphatic heterocycles. The van der Waals surface area contributed by atoms with Crippen LogP contribution < -0.4 is 0 Å². The molecule has 0 amide bonds. The Morgan fingerprint density at radius 2 is 2.14 bits per heavy atom. The molecule has 0 fully saturated rings. The van der Waals surface area contributed by atoms with Crippen molar-refractivity contribution in [2.24, 2.45) is 0 Å². The first-order valence-electron chi connectivity index (χ1n) is 4.16. The van der Waals surface area contributed by atoms with Gasteiger partial charge in [0.25, 0.3) is 0 Å². The first-order chi connectivity index (χ1) is 6.66. The molecule has 14 heavy (non-hydrogen) atoms. The predicted molar refractivity (Wildman–Crippen MR) is 51.2 cm³/mol. The summed E-state index contributed by atoms with van der Waals surface area (Å²) in [7, 11) is 0. The molecular weight excluding hydrogens is 182 g/mol. The van der Waals surface area contributed by atoms with Crippen molar-refractivity contribution in [3.05, 3.63) is 30.5 Å². The van der Waals surface area contributed by atoms with E-state index in [4.69, 9.17) is 5.11 Å². The van der Waals surface area contributed by atoms with Crippen molar-refractivity contribution in [3.63, 3.8) is 0 Å². The highest BCUT2D eigenvalue weighted by Gasteiger charge is 2.04. The number of carboxylic acid groups (broad SMARTS) is 1. The number of aliphatic carboxylic acids is 1. The highest BCUT2D eigenvalue weighted by Crippen LogP contribution is 2.20. The molecule has 1 heterocycles. The van der Waals surface area contributed by atoms with Crippen LogP contribution in [0.5, 0.6) is 5.75 Å². The smallest absolute Gasteiger partial charge is 0.323 e. The zero-order valence-corrected chi connectivity index (χ0v) is 7.34. The fourth-order valence-electron chi connectivity index (χ4n) is 1.46. The standard InChI is InChI=1S/C10H9NO3/c12-8-2-1-7-3-4-11(6-10(13)14)9(7)5-8/h1-5,12H,6H2,(H,13,14). The number of carboxylic acids is 1. The fourth-order valence-corrected chi connectivity index (χ4v) is 1.46. The number of hydrogen-bond acceptors (Lipinski definition) is 2. The Hall–Kier alpha value is -1.97. The Morgan fingerprint density at radius 3 is 2.86 bits per heavy atom. The van der Waals surface area contributed by atoms with Crippen LogP contribution in [0.1, 0.15) is 0 Å². The van der Waals surface area contributed by atoms with Crippen LogP contribution in [0.2, 0.25) is 0 Å². The van der Waals surface area contributed by atoms with Crippen LogP contribution in [0.3, 0.4) is 0 Å². The minimum Gasteiger partial charge on any atom is -0.508 e. The SMILES string of the molecule is O=C(O)Cn1ccc2ccc(O)cc21. The minimum absolute atomic E-state index is 0.0903. The molecular formula is C10H9NO3. The first-order valence-corrected chi connectivity index (χ1v) is 4.16. The Labute approximate surface area is 80.0 Å². The van der Waals surface area contributed by atoms with Gasteiger partial charge in [0.2, 0.25) is 0 Å². The van der Waals surface area contributed by atoms with Gasteiger partial charge in [-0.1, -0.05) is 0 Å². The van der Waals surface area contributed by atoms with E-state index in [-0.39, 0.29) is 12.3 Å². The van der Waals surface area contributed by atoms with Gasteiger partial charge in [-0.3, -0.25) is 4.79 Å². The number of hydrogen-bond donors (Lipinski definition) is 2. The number of fused-ring (bicyclic) bond motifs is 1. The van der Waals surface area contributed by atoms with E-state index in [2.05, 4.69) is 0 Å². The fraction of sp³-hybridized carbons (Fsp3) is 0.100. The van der Waals surface area contributed by atoms with Gasteiger partial charge in [0.1, 0.15) is 12.3 Å². The van der Waals surface area contributed by atoms with Gasteiger partial charge in [-0.05, 0) is 23.6 Å². The molecule has 0 bridgehead atoms. The van der Waals surface area contributed by atoms with Crippen molar-refractivity contribution in [3.8, 4) is 5.75 Å². The number of benzene rings is 1. The zero-order valence-electron chi connectivity index (χ0n) is 7.34.